The molecule has 1 aromatic carbocycles. The molecule has 0 fully saturated rings. The van der Waals surface area contributed by atoms with E-state index in [2.05, 4.69) is 4.98 Å². The maximum Gasteiger partial charge on any atom is 0.391 e. The Hall–Kier alpha value is -2.49. The summed E-state index contributed by atoms with van der Waals surface area (Å²) in [4.78, 5) is 21.3. The zero-order chi connectivity index (χ0) is 11.8. The van der Waals surface area contributed by atoms with E-state index >= 15 is 0 Å². The number of carboxylic acid groups (broad SMARTS) is 1. The third-order valence-corrected chi connectivity index (χ3v) is 1.16. The third-order valence-electron chi connectivity index (χ3n) is 1.16. The second kappa shape index (κ2) is 6.04. The molecule has 78 valence electrons. The molecule has 15 heavy (non-hydrogen) atoms. The van der Waals surface area contributed by atoms with E-state index in [0.29, 0.717) is 0 Å². The lowest BCUT2D eigenvalue weighted by Crippen LogP contribution is -2.16. The molecular formula is C8H7N3O4. The van der Waals surface area contributed by atoms with Gasteiger partial charge in [-0.15, -0.1) is 0 Å². The number of rotatable bonds is 1. The van der Waals surface area contributed by atoms with Crippen LogP contribution >= 0.6 is 0 Å². The summed E-state index contributed by atoms with van der Waals surface area (Å²) in [7, 11) is 0. The normalized spacial score (nSPS) is 8.00. The number of hydrogen-bond donors (Lipinski definition) is 0. The molecule has 0 aromatic heterocycles. The zero-order valence-electron chi connectivity index (χ0n) is 7.78. The van der Waals surface area contributed by atoms with Crippen molar-refractivity contribution in [2.75, 3.05) is 0 Å². The standard InChI is InChI=1S/C6H4N3O2.C2H4O2/c7-8-5-2-1-3-6(4-5)9(10)11;1-2(3)4/h1-4H;1H3,(H,3,4)/q+1;/p-1. The molecule has 0 unspecified atom stereocenters. The van der Waals surface area contributed by atoms with Crippen LogP contribution in [-0.4, -0.2) is 10.9 Å². The molecule has 0 radical (unpaired) electrons. The van der Waals surface area contributed by atoms with Crippen LogP contribution in [-0.2, 0) is 4.79 Å². The first kappa shape index (κ1) is 12.5. The first-order chi connectivity index (χ1) is 6.97. The summed E-state index contributed by atoms with van der Waals surface area (Å²) in [5.41, 5.74) is 0.0968. The Bertz CT molecular complexity index is 407. The van der Waals surface area contributed by atoms with Crippen molar-refractivity contribution >= 4 is 17.3 Å². The van der Waals surface area contributed by atoms with E-state index in [-0.39, 0.29) is 11.4 Å². The van der Waals surface area contributed by atoms with E-state index in [0.717, 1.165) is 6.92 Å². The van der Waals surface area contributed by atoms with Crippen molar-refractivity contribution in [3.8, 4) is 0 Å². The topological polar surface area (TPSA) is 111 Å². The first-order valence-corrected chi connectivity index (χ1v) is 3.74. The Morgan fingerprint density at radius 3 is 2.47 bits per heavy atom. The lowest BCUT2D eigenvalue weighted by Gasteiger charge is -1.84. The van der Waals surface area contributed by atoms with Gasteiger partial charge in [-0.05, 0) is 13.0 Å². The molecule has 0 aliphatic heterocycles. The summed E-state index contributed by atoms with van der Waals surface area (Å²) in [6.07, 6.45) is 0. The highest BCUT2D eigenvalue weighted by atomic mass is 16.6. The predicted molar refractivity (Wildman–Crippen MR) is 48.5 cm³/mol. The SMILES string of the molecule is CC(=O)[O-].N#[N+]c1cccc([N+](=O)[O-])c1. The van der Waals surface area contributed by atoms with Crippen LogP contribution < -0.4 is 5.11 Å². The largest absolute Gasteiger partial charge is 0.550 e. The Balaban J connectivity index is 0.000000423. The van der Waals surface area contributed by atoms with E-state index in [1.807, 2.05) is 0 Å². The highest BCUT2D eigenvalue weighted by Gasteiger charge is 2.11. The molecule has 1 aromatic rings. The number of carbonyl (C=O) groups is 1. The van der Waals surface area contributed by atoms with Crippen LogP contribution in [0.25, 0.3) is 4.98 Å². The van der Waals surface area contributed by atoms with E-state index < -0.39 is 10.9 Å². The molecule has 0 amide bonds. The van der Waals surface area contributed by atoms with Gasteiger partial charge in [-0.1, -0.05) is 0 Å². The number of carbonyl (C=O) groups excluding carboxylic acids is 1. The number of hydrogen-bond acceptors (Lipinski definition) is 5. The van der Waals surface area contributed by atoms with Gasteiger partial charge in [0.15, 0.2) is 4.98 Å². The number of carboxylic acids is 1. The van der Waals surface area contributed by atoms with E-state index in [9.17, 15) is 10.1 Å². The first-order valence-electron chi connectivity index (χ1n) is 3.74. The highest BCUT2D eigenvalue weighted by molar-refractivity contribution is 5.60. The van der Waals surface area contributed by atoms with E-state index in [4.69, 9.17) is 15.3 Å². The molecule has 0 aliphatic rings. The number of benzene rings is 1. The number of nitro benzene ring substituents is 1. The Morgan fingerprint density at radius 1 is 1.53 bits per heavy atom. The lowest BCUT2D eigenvalue weighted by atomic mass is 10.3. The number of aliphatic carboxylic acids is 1. The maximum atomic E-state index is 10.2. The Morgan fingerprint density at radius 2 is 2.07 bits per heavy atom. The molecule has 0 saturated heterocycles. The van der Waals surface area contributed by atoms with Gasteiger partial charge in [0.05, 0.1) is 4.92 Å². The number of nitro groups is 1. The fourth-order valence-corrected chi connectivity index (χ4v) is 0.669. The van der Waals surface area contributed by atoms with Crippen molar-refractivity contribution in [2.24, 2.45) is 0 Å². The van der Waals surface area contributed by atoms with Gasteiger partial charge in [0, 0.05) is 18.1 Å². The van der Waals surface area contributed by atoms with Gasteiger partial charge in [-0.3, -0.25) is 10.1 Å². The van der Waals surface area contributed by atoms with Gasteiger partial charge < -0.3 is 9.90 Å². The summed E-state index contributed by atoms with van der Waals surface area (Å²) in [5, 5.41) is 27.3. The monoisotopic (exact) mass is 209 g/mol. The molecule has 0 bridgehead atoms. The number of non-ortho nitro benzene ring substituents is 1. The molecule has 0 aliphatic carbocycles. The number of diazo groups is 1. The summed E-state index contributed by atoms with van der Waals surface area (Å²) in [6.45, 7) is 0.972. The van der Waals surface area contributed by atoms with Crippen molar-refractivity contribution in [3.63, 3.8) is 0 Å². The lowest BCUT2D eigenvalue weighted by molar-refractivity contribution is -0.384. The molecular weight excluding hydrogens is 202 g/mol. The third kappa shape index (κ3) is 5.70. The van der Waals surface area contributed by atoms with Crippen LogP contribution in [0.2, 0.25) is 0 Å². The molecule has 0 saturated carbocycles. The van der Waals surface area contributed by atoms with Gasteiger partial charge in [-0.2, -0.15) is 0 Å². The van der Waals surface area contributed by atoms with Crippen molar-refractivity contribution in [3.05, 3.63) is 39.4 Å². The summed E-state index contributed by atoms with van der Waals surface area (Å²) in [6, 6.07) is 5.43. The van der Waals surface area contributed by atoms with E-state index in [1.165, 1.54) is 24.3 Å². The second-order valence-electron chi connectivity index (χ2n) is 2.37. The smallest absolute Gasteiger partial charge is 0.391 e. The molecule has 0 spiro atoms. The van der Waals surface area contributed by atoms with Gasteiger partial charge >= 0.3 is 5.69 Å². The summed E-state index contributed by atoms with van der Waals surface area (Å²) < 4.78 is 0. The van der Waals surface area contributed by atoms with Gasteiger partial charge in [0.25, 0.3) is 5.69 Å². The number of nitrogens with zero attached hydrogens (tertiary/aromatic N) is 3. The Kier molecular flexibility index (Phi) is 5.04. The molecule has 0 heterocycles. The molecule has 0 N–H and O–H groups in total. The average Bonchev–Trinajstić information content (AvgIpc) is 2.17. The van der Waals surface area contributed by atoms with Gasteiger partial charge in [0.1, 0.15) is 6.07 Å². The van der Waals surface area contributed by atoms with Crippen LogP contribution in [0, 0.1) is 15.5 Å². The van der Waals surface area contributed by atoms with Crippen LogP contribution in [0.3, 0.4) is 0 Å². The van der Waals surface area contributed by atoms with Gasteiger partial charge in [-0.25, -0.2) is 0 Å². The summed E-state index contributed by atoms with van der Waals surface area (Å²) in [5.74, 6) is -1.08. The summed E-state index contributed by atoms with van der Waals surface area (Å²) >= 11 is 0. The molecule has 0 atom stereocenters. The molecule has 7 nitrogen and oxygen atoms in total. The van der Waals surface area contributed by atoms with Crippen molar-refractivity contribution in [1.82, 2.24) is 0 Å². The fraction of sp³-hybridized carbons (Fsp3) is 0.125. The van der Waals surface area contributed by atoms with Crippen LogP contribution in [0.5, 0.6) is 0 Å². The highest BCUT2D eigenvalue weighted by Crippen LogP contribution is 2.18. The zero-order valence-corrected chi connectivity index (χ0v) is 7.78. The Labute approximate surface area is 84.7 Å². The second-order valence-corrected chi connectivity index (χ2v) is 2.37. The fourth-order valence-electron chi connectivity index (χ4n) is 0.669. The van der Waals surface area contributed by atoms with Crippen molar-refractivity contribution < 1.29 is 14.8 Å². The van der Waals surface area contributed by atoms with Crippen molar-refractivity contribution in [2.45, 2.75) is 6.92 Å². The quantitative estimate of drug-likeness (QED) is 0.386. The van der Waals surface area contributed by atoms with Crippen molar-refractivity contribution in [1.29, 1.82) is 5.39 Å². The molecule has 1 rings (SSSR count). The minimum atomic E-state index is -1.08. The predicted octanol–water partition coefficient (Wildman–Crippen LogP) is 0.836. The van der Waals surface area contributed by atoms with Crippen LogP contribution in [0.1, 0.15) is 6.92 Å². The minimum Gasteiger partial charge on any atom is -0.550 e. The minimum absolute atomic E-state index is 0.0831. The molecule has 7 heteroatoms. The van der Waals surface area contributed by atoms with Crippen LogP contribution in [0.4, 0.5) is 11.4 Å². The maximum absolute atomic E-state index is 10.2. The van der Waals surface area contributed by atoms with E-state index in [1.54, 1.807) is 0 Å². The average molecular weight is 209 g/mol. The van der Waals surface area contributed by atoms with Crippen LogP contribution in [0.15, 0.2) is 24.3 Å². The van der Waals surface area contributed by atoms with Gasteiger partial charge in [0.2, 0.25) is 5.39 Å².